The van der Waals surface area contributed by atoms with Crippen LogP contribution < -0.4 is 20.1 Å². The summed E-state index contributed by atoms with van der Waals surface area (Å²) >= 11 is 0. The molecule has 2 atom stereocenters. The molecule has 2 amide bonds. The molecule has 2 aromatic rings. The molecular formula is C40H54N2O10. The number of carbonyl (C=O) groups excluding carboxylic acids is 5. The Bertz CT molecular complexity index is 1810. The predicted octanol–water partition coefficient (Wildman–Crippen LogP) is 6.35. The summed E-state index contributed by atoms with van der Waals surface area (Å²) < 4.78 is 20.4. The highest BCUT2D eigenvalue weighted by Crippen LogP contribution is 2.43. The van der Waals surface area contributed by atoms with Gasteiger partial charge in [-0.15, -0.1) is 0 Å². The molecule has 2 heterocycles. The highest BCUT2D eigenvalue weighted by Gasteiger charge is 2.48. The lowest BCUT2D eigenvalue weighted by atomic mass is 9.85. The van der Waals surface area contributed by atoms with Crippen molar-refractivity contribution in [2.75, 3.05) is 14.2 Å². The Hall–Kier alpha value is -5.13. The Morgan fingerprint density at radius 1 is 0.654 bits per heavy atom. The van der Waals surface area contributed by atoms with Gasteiger partial charge in [-0.3, -0.25) is 24.0 Å². The zero-order valence-electron chi connectivity index (χ0n) is 33.1. The second kappa shape index (κ2) is 16.9. The molecule has 2 aliphatic heterocycles. The number of esters is 3. The van der Waals surface area contributed by atoms with Crippen LogP contribution in [0.1, 0.15) is 95.7 Å². The van der Waals surface area contributed by atoms with Gasteiger partial charge in [0.1, 0.15) is 23.0 Å². The van der Waals surface area contributed by atoms with Crippen LogP contribution in [0.15, 0.2) is 35.8 Å². The largest absolute Gasteiger partial charge is 0.509 e. The summed E-state index contributed by atoms with van der Waals surface area (Å²) in [6, 6.07) is 7.71. The normalized spacial score (nSPS) is 19.3. The van der Waals surface area contributed by atoms with Gasteiger partial charge >= 0.3 is 17.9 Å². The minimum atomic E-state index is -0.750. The van der Waals surface area contributed by atoms with Crippen LogP contribution in [0.3, 0.4) is 0 Å². The minimum Gasteiger partial charge on any atom is -0.509 e. The highest BCUT2D eigenvalue weighted by atomic mass is 16.6. The number of methoxy groups -OCH3 is 2. The van der Waals surface area contributed by atoms with Gasteiger partial charge in [0.25, 0.3) is 11.8 Å². The summed E-state index contributed by atoms with van der Waals surface area (Å²) in [5.41, 5.74) is 4.44. The van der Waals surface area contributed by atoms with E-state index in [4.69, 9.17) is 14.2 Å². The second-order valence-electron chi connectivity index (χ2n) is 14.0. The van der Waals surface area contributed by atoms with Crippen molar-refractivity contribution in [3.05, 3.63) is 69.2 Å². The topological polar surface area (TPSA) is 167 Å². The van der Waals surface area contributed by atoms with Crippen molar-refractivity contribution < 1.29 is 48.0 Å². The van der Waals surface area contributed by atoms with Crippen LogP contribution in [-0.2, 0) is 33.4 Å². The first-order valence-corrected chi connectivity index (χ1v) is 17.0. The van der Waals surface area contributed by atoms with Gasteiger partial charge in [-0.05, 0) is 87.8 Å². The monoisotopic (exact) mass is 722 g/mol. The van der Waals surface area contributed by atoms with E-state index in [0.29, 0.717) is 39.5 Å². The van der Waals surface area contributed by atoms with E-state index >= 15 is 0 Å². The van der Waals surface area contributed by atoms with E-state index in [0.717, 1.165) is 22.3 Å². The maximum atomic E-state index is 12.8. The number of hydrogen-bond donors (Lipinski definition) is 3. The number of benzene rings is 2. The highest BCUT2D eigenvalue weighted by molar-refractivity contribution is 6.25. The van der Waals surface area contributed by atoms with Crippen molar-refractivity contribution in [2.24, 2.45) is 11.8 Å². The molecular weight excluding hydrogens is 668 g/mol. The van der Waals surface area contributed by atoms with Gasteiger partial charge in [0, 0.05) is 31.9 Å². The number of aliphatic hydroxyl groups is 1. The summed E-state index contributed by atoms with van der Waals surface area (Å²) in [5.74, 6) is -0.308. The average Bonchev–Trinajstić information content (AvgIpc) is 3.39. The fourth-order valence-corrected chi connectivity index (χ4v) is 6.05. The number of ether oxygens (including phenoxy) is 4. The van der Waals surface area contributed by atoms with Gasteiger partial charge in [0.05, 0.1) is 36.4 Å². The molecule has 284 valence electrons. The van der Waals surface area contributed by atoms with Crippen molar-refractivity contribution in [2.45, 2.75) is 101 Å². The van der Waals surface area contributed by atoms with Gasteiger partial charge in [0.15, 0.2) is 0 Å². The number of rotatable bonds is 7. The molecule has 0 bridgehead atoms. The quantitative estimate of drug-likeness (QED) is 0.216. The standard InChI is InChI=1S/C19H25NO4.C17H23NO3.C4H6O3/c1-10(2)19(6)17(24-13(5)21)16(18(22)20-19)15-12(4)8-11(3)9-14(15)23-7;1-9(2)17(5)15(19)14(16(20)18-17)13-11(4)7-10(3)8-12(13)21-6;1-3(5)7-4(2)6/h8-10H,1-7H3,(H,20,22);7-9,19H,1-6H3,(H,18,20);1-2H3. The third-order valence-corrected chi connectivity index (χ3v) is 9.30. The van der Waals surface area contributed by atoms with E-state index in [2.05, 4.69) is 15.4 Å². The Balaban J connectivity index is 0.000000307. The lowest BCUT2D eigenvalue weighted by molar-refractivity contribution is -0.156. The van der Waals surface area contributed by atoms with E-state index in [1.165, 1.54) is 20.8 Å². The van der Waals surface area contributed by atoms with Crippen molar-refractivity contribution in [1.29, 1.82) is 0 Å². The molecule has 0 saturated carbocycles. The predicted molar refractivity (Wildman–Crippen MR) is 198 cm³/mol. The van der Waals surface area contributed by atoms with Gasteiger partial charge < -0.3 is 34.7 Å². The van der Waals surface area contributed by atoms with Crippen LogP contribution in [-0.4, -0.2) is 60.1 Å². The third kappa shape index (κ3) is 9.20. The Morgan fingerprint density at radius 3 is 1.37 bits per heavy atom. The zero-order chi connectivity index (χ0) is 40.0. The molecule has 12 nitrogen and oxygen atoms in total. The minimum absolute atomic E-state index is 0.0463. The summed E-state index contributed by atoms with van der Waals surface area (Å²) in [6.07, 6.45) is 0. The van der Waals surface area contributed by atoms with E-state index in [9.17, 15) is 29.1 Å². The summed E-state index contributed by atoms with van der Waals surface area (Å²) in [7, 11) is 3.14. The lowest BCUT2D eigenvalue weighted by Crippen LogP contribution is -2.46. The molecule has 3 N–H and O–H groups in total. The van der Waals surface area contributed by atoms with Crippen LogP contribution in [0, 0.1) is 39.5 Å². The third-order valence-electron chi connectivity index (χ3n) is 9.30. The molecule has 2 aliphatic rings. The van der Waals surface area contributed by atoms with Gasteiger partial charge in [-0.1, -0.05) is 39.8 Å². The zero-order valence-corrected chi connectivity index (χ0v) is 33.1. The van der Waals surface area contributed by atoms with Gasteiger partial charge in [-0.25, -0.2) is 0 Å². The van der Waals surface area contributed by atoms with Gasteiger partial charge in [-0.2, -0.15) is 0 Å². The van der Waals surface area contributed by atoms with Crippen molar-refractivity contribution in [1.82, 2.24) is 10.6 Å². The fraction of sp³-hybridized carbons (Fsp3) is 0.475. The first-order valence-electron chi connectivity index (χ1n) is 17.0. The number of amides is 2. The van der Waals surface area contributed by atoms with Crippen molar-refractivity contribution >= 4 is 40.9 Å². The molecule has 2 unspecified atom stereocenters. The summed E-state index contributed by atoms with van der Waals surface area (Å²) in [6.45, 7) is 23.1. The molecule has 12 heteroatoms. The summed E-state index contributed by atoms with van der Waals surface area (Å²) in [5, 5.41) is 16.5. The molecule has 0 spiro atoms. The van der Waals surface area contributed by atoms with E-state index in [-0.39, 0.29) is 29.4 Å². The molecule has 4 rings (SSSR count). The van der Waals surface area contributed by atoms with Crippen LogP contribution in [0.5, 0.6) is 11.5 Å². The molecule has 0 fully saturated rings. The molecule has 0 aliphatic carbocycles. The molecule has 2 aromatic carbocycles. The second-order valence-corrected chi connectivity index (χ2v) is 14.0. The fourth-order valence-electron chi connectivity index (χ4n) is 6.05. The average molecular weight is 723 g/mol. The van der Waals surface area contributed by atoms with E-state index in [1.807, 2.05) is 93.5 Å². The van der Waals surface area contributed by atoms with Crippen LogP contribution in [0.4, 0.5) is 0 Å². The lowest BCUT2D eigenvalue weighted by Gasteiger charge is -2.31. The SMILES string of the molecule is CC(=O)OC(C)=O.COc1cc(C)cc(C)c1C1=C(O)C(C)(C(C)C)NC1=O.COc1cc(C)cc(C)c1C1=C(OC(C)=O)C(C)(C(C)C)NC1=O. The molecule has 0 radical (unpaired) electrons. The maximum Gasteiger partial charge on any atom is 0.310 e. The van der Waals surface area contributed by atoms with Crippen LogP contribution in [0.25, 0.3) is 11.1 Å². The smallest absolute Gasteiger partial charge is 0.310 e. The first-order chi connectivity index (χ1) is 24.0. The number of hydrogen-bond acceptors (Lipinski definition) is 10. The molecule has 0 aromatic heterocycles. The first kappa shape index (κ1) is 43.0. The van der Waals surface area contributed by atoms with E-state index < -0.39 is 29.0 Å². The number of nitrogens with one attached hydrogen (secondary N) is 2. The Morgan fingerprint density at radius 2 is 1.04 bits per heavy atom. The number of carbonyl (C=O) groups is 5. The van der Waals surface area contributed by atoms with E-state index in [1.54, 1.807) is 14.2 Å². The Labute approximate surface area is 306 Å². The Kier molecular flexibility index (Phi) is 14.0. The molecule has 0 saturated heterocycles. The maximum absolute atomic E-state index is 12.8. The van der Waals surface area contributed by atoms with Crippen LogP contribution >= 0.6 is 0 Å². The van der Waals surface area contributed by atoms with Crippen LogP contribution in [0.2, 0.25) is 0 Å². The number of aliphatic hydroxyl groups excluding tert-OH is 1. The summed E-state index contributed by atoms with van der Waals surface area (Å²) in [4.78, 5) is 56.5. The van der Waals surface area contributed by atoms with Crippen molar-refractivity contribution in [3.8, 4) is 11.5 Å². The molecule has 52 heavy (non-hydrogen) atoms. The van der Waals surface area contributed by atoms with Crippen molar-refractivity contribution in [3.63, 3.8) is 0 Å². The number of aryl methyl sites for hydroxylation is 4. The van der Waals surface area contributed by atoms with Gasteiger partial charge in [0.2, 0.25) is 0 Å².